The van der Waals surface area contributed by atoms with E-state index in [0.717, 1.165) is 11.1 Å². The molecule has 2 aromatic rings. The van der Waals surface area contributed by atoms with Crippen molar-refractivity contribution in [3.8, 4) is 0 Å². The fraction of sp³-hybridized carbons (Fsp3) is 0.333. The number of rotatable bonds is 5. The first-order chi connectivity index (χ1) is 12.6. The third-order valence-corrected chi connectivity index (χ3v) is 6.65. The number of amides is 1. The number of hydrogen-bond acceptors (Lipinski definition) is 4. The predicted molar refractivity (Wildman–Crippen MR) is 104 cm³/mol. The van der Waals surface area contributed by atoms with Crippen molar-refractivity contribution >= 4 is 21.7 Å². The van der Waals surface area contributed by atoms with Crippen LogP contribution in [0.25, 0.3) is 0 Å². The molecule has 1 amide bonds. The number of fused-ring (bicyclic) bond motifs is 1. The van der Waals surface area contributed by atoms with E-state index in [4.69, 9.17) is 0 Å². The average molecular weight is 385 g/mol. The number of hydrogen-bond donors (Lipinski definition) is 0. The first-order valence-electron chi connectivity index (χ1n) is 8.97. The van der Waals surface area contributed by atoms with Gasteiger partial charge in [-0.15, -0.1) is 0 Å². The lowest BCUT2D eigenvalue weighted by Crippen LogP contribution is -2.35. The molecule has 0 atom stereocenters. The molecule has 0 radical (unpaired) electrons. The lowest BCUT2D eigenvalue weighted by molar-refractivity contribution is 0.0820. The molecular weight excluding hydrogens is 362 g/mol. The molecule has 0 saturated heterocycles. The molecule has 1 heterocycles. The van der Waals surface area contributed by atoms with Gasteiger partial charge < -0.3 is 0 Å². The second-order valence-corrected chi connectivity index (χ2v) is 9.22. The fourth-order valence-electron chi connectivity index (χ4n) is 3.27. The van der Waals surface area contributed by atoms with E-state index in [9.17, 15) is 18.0 Å². The minimum absolute atomic E-state index is 0.0398. The number of sulfonamides is 1. The summed E-state index contributed by atoms with van der Waals surface area (Å²) in [5.74, 6) is -0.602. The Bertz CT molecular complexity index is 1020. The second kappa shape index (κ2) is 6.93. The van der Waals surface area contributed by atoms with Crippen LogP contribution < -0.4 is 0 Å². The molecule has 0 fully saturated rings. The summed E-state index contributed by atoms with van der Waals surface area (Å²) in [5, 5.41) is 0. The summed E-state index contributed by atoms with van der Waals surface area (Å²) >= 11 is 0. The van der Waals surface area contributed by atoms with Crippen molar-refractivity contribution in [1.29, 1.82) is 0 Å². The van der Waals surface area contributed by atoms with E-state index in [-0.39, 0.29) is 22.2 Å². The quantitative estimate of drug-likeness (QED) is 0.731. The zero-order chi connectivity index (χ0) is 19.9. The van der Waals surface area contributed by atoms with Gasteiger partial charge in [-0.2, -0.15) is 0 Å². The molecule has 0 unspecified atom stereocenters. The summed E-state index contributed by atoms with van der Waals surface area (Å²) in [5.41, 5.74) is 2.57. The van der Waals surface area contributed by atoms with Crippen LogP contribution in [-0.4, -0.2) is 31.0 Å². The maximum absolute atomic E-state index is 12.9. The van der Waals surface area contributed by atoms with Crippen molar-refractivity contribution in [3.05, 3.63) is 64.7 Å². The van der Waals surface area contributed by atoms with Gasteiger partial charge in [0.25, 0.3) is 15.9 Å². The molecule has 1 aliphatic heterocycles. The molecule has 1 aliphatic rings. The molecule has 0 aromatic heterocycles. The largest absolute Gasteiger partial charge is 0.292 e. The molecule has 0 spiro atoms. The lowest BCUT2D eigenvalue weighted by atomic mass is 9.90. The van der Waals surface area contributed by atoms with Gasteiger partial charge in [-0.1, -0.05) is 58.0 Å². The Kier molecular flexibility index (Phi) is 4.95. The second-order valence-electron chi connectivity index (χ2n) is 7.39. The summed E-state index contributed by atoms with van der Waals surface area (Å²) in [7, 11) is -3.99. The van der Waals surface area contributed by atoms with Crippen molar-refractivity contribution < 1.29 is 18.0 Å². The van der Waals surface area contributed by atoms with Crippen LogP contribution in [-0.2, 0) is 10.0 Å². The van der Waals surface area contributed by atoms with Crippen molar-refractivity contribution in [2.24, 2.45) is 0 Å². The zero-order valence-corrected chi connectivity index (χ0v) is 16.7. The van der Waals surface area contributed by atoms with Gasteiger partial charge in [0.15, 0.2) is 5.78 Å². The topological polar surface area (TPSA) is 71.5 Å². The van der Waals surface area contributed by atoms with Crippen molar-refractivity contribution in [1.82, 2.24) is 4.31 Å². The molecule has 5 nitrogen and oxygen atoms in total. The van der Waals surface area contributed by atoms with Gasteiger partial charge in [-0.3, -0.25) is 9.59 Å². The van der Waals surface area contributed by atoms with Crippen LogP contribution in [0.2, 0.25) is 0 Å². The van der Waals surface area contributed by atoms with Gasteiger partial charge in [0.1, 0.15) is 11.4 Å². The highest BCUT2D eigenvalue weighted by Gasteiger charge is 2.42. The maximum atomic E-state index is 12.9. The van der Waals surface area contributed by atoms with Crippen LogP contribution >= 0.6 is 0 Å². The van der Waals surface area contributed by atoms with Gasteiger partial charge in [0, 0.05) is 5.56 Å². The molecule has 0 saturated carbocycles. The Hall–Kier alpha value is -2.47. The normalized spacial score (nSPS) is 15.5. The SMILES string of the molecule is CC(C)c1ccc(C(=O)CN2C(=O)c3ccccc3S2(=O)=O)c(C(C)C)c1. The van der Waals surface area contributed by atoms with E-state index in [0.29, 0.717) is 15.8 Å². The fourth-order valence-corrected chi connectivity index (χ4v) is 4.80. The minimum Gasteiger partial charge on any atom is -0.292 e. The van der Waals surface area contributed by atoms with E-state index in [1.807, 2.05) is 26.0 Å². The minimum atomic E-state index is -3.99. The molecule has 6 heteroatoms. The highest BCUT2D eigenvalue weighted by molar-refractivity contribution is 7.90. The number of carbonyl (C=O) groups is 2. The average Bonchev–Trinajstić information content (AvgIpc) is 2.82. The van der Waals surface area contributed by atoms with E-state index in [2.05, 4.69) is 13.8 Å². The molecule has 0 N–H and O–H groups in total. The van der Waals surface area contributed by atoms with E-state index in [1.54, 1.807) is 18.2 Å². The highest BCUT2D eigenvalue weighted by Crippen LogP contribution is 2.31. The molecule has 3 rings (SSSR count). The Morgan fingerprint density at radius 2 is 1.67 bits per heavy atom. The first-order valence-corrected chi connectivity index (χ1v) is 10.4. The van der Waals surface area contributed by atoms with E-state index in [1.165, 1.54) is 12.1 Å². The monoisotopic (exact) mass is 385 g/mol. The Morgan fingerprint density at radius 1 is 1.00 bits per heavy atom. The smallest absolute Gasteiger partial charge is 0.269 e. The van der Waals surface area contributed by atoms with Crippen LogP contribution in [0.3, 0.4) is 0 Å². The van der Waals surface area contributed by atoms with Crippen LogP contribution in [0.1, 0.15) is 71.4 Å². The van der Waals surface area contributed by atoms with Gasteiger partial charge in [0.05, 0.1) is 5.56 Å². The summed E-state index contributed by atoms with van der Waals surface area (Å²) in [6.07, 6.45) is 0. The summed E-state index contributed by atoms with van der Waals surface area (Å²) in [4.78, 5) is 25.4. The molecule has 0 bridgehead atoms. The Labute approximate surface area is 160 Å². The number of benzene rings is 2. The summed E-state index contributed by atoms with van der Waals surface area (Å²) in [6, 6.07) is 11.7. The number of nitrogens with zero attached hydrogens (tertiary/aromatic N) is 1. The van der Waals surface area contributed by atoms with Gasteiger partial charge in [0.2, 0.25) is 0 Å². The predicted octanol–water partition coefficient (Wildman–Crippen LogP) is 3.96. The van der Waals surface area contributed by atoms with Crippen molar-refractivity contribution in [2.45, 2.75) is 44.4 Å². The van der Waals surface area contributed by atoms with Crippen molar-refractivity contribution in [2.75, 3.05) is 6.54 Å². The van der Waals surface area contributed by atoms with Gasteiger partial charge >= 0.3 is 0 Å². The Balaban J connectivity index is 1.96. The van der Waals surface area contributed by atoms with Crippen LogP contribution in [0.15, 0.2) is 47.4 Å². The third-order valence-electron chi connectivity index (χ3n) is 4.86. The molecular formula is C21H23NO4S. The molecule has 27 heavy (non-hydrogen) atoms. The number of ketones is 1. The van der Waals surface area contributed by atoms with Crippen molar-refractivity contribution in [3.63, 3.8) is 0 Å². The third kappa shape index (κ3) is 3.30. The standard InChI is InChI=1S/C21H23NO4S/c1-13(2)15-9-10-16(18(11-15)14(3)4)19(23)12-22-21(24)17-7-5-6-8-20(17)27(22,25)26/h5-11,13-14H,12H2,1-4H3. The molecule has 2 aromatic carbocycles. The highest BCUT2D eigenvalue weighted by atomic mass is 32.2. The maximum Gasteiger partial charge on any atom is 0.269 e. The first kappa shape index (κ1) is 19.3. The number of Topliss-reactive ketones (excluding diaryl/α,β-unsaturated/α-hetero) is 1. The van der Waals surface area contributed by atoms with E-state index < -0.39 is 22.5 Å². The van der Waals surface area contributed by atoms with Crippen LogP contribution in [0, 0.1) is 0 Å². The van der Waals surface area contributed by atoms with Gasteiger partial charge in [-0.25, -0.2) is 12.7 Å². The lowest BCUT2D eigenvalue weighted by Gasteiger charge is -2.18. The summed E-state index contributed by atoms with van der Waals surface area (Å²) < 4.78 is 26.0. The van der Waals surface area contributed by atoms with E-state index >= 15 is 0 Å². The summed E-state index contributed by atoms with van der Waals surface area (Å²) in [6.45, 7) is 7.64. The van der Waals surface area contributed by atoms with Gasteiger partial charge in [-0.05, 0) is 35.1 Å². The molecule has 0 aliphatic carbocycles. The van der Waals surface area contributed by atoms with Crippen LogP contribution in [0.5, 0.6) is 0 Å². The Morgan fingerprint density at radius 3 is 2.26 bits per heavy atom. The van der Waals surface area contributed by atoms with Crippen LogP contribution in [0.4, 0.5) is 0 Å². The number of carbonyl (C=O) groups excluding carboxylic acids is 2. The zero-order valence-electron chi connectivity index (χ0n) is 15.9. The molecule has 142 valence electrons.